The Morgan fingerprint density at radius 3 is 2.78 bits per heavy atom. The number of ether oxygens (including phenoxy) is 1. The monoisotopic (exact) mass is 398 g/mol. The summed E-state index contributed by atoms with van der Waals surface area (Å²) in [5.41, 5.74) is 4.75. The molecule has 0 unspecified atom stereocenters. The summed E-state index contributed by atoms with van der Waals surface area (Å²) in [4.78, 5) is 20.9. The number of thiazole rings is 1. The number of imidazole rings is 1. The molecule has 27 heavy (non-hydrogen) atoms. The van der Waals surface area contributed by atoms with Crippen LogP contribution in [0.3, 0.4) is 0 Å². The average Bonchev–Trinajstić information content (AvgIpc) is 3.34. The van der Waals surface area contributed by atoms with E-state index in [1.165, 1.54) is 11.3 Å². The number of nitrogens with one attached hydrogen (secondary N) is 1. The van der Waals surface area contributed by atoms with Crippen LogP contribution in [0.1, 0.15) is 21.7 Å². The van der Waals surface area contributed by atoms with Crippen LogP contribution < -0.4 is 10.1 Å². The van der Waals surface area contributed by atoms with Crippen LogP contribution in [0.25, 0.3) is 5.65 Å². The molecule has 0 bridgehead atoms. The molecule has 0 aliphatic rings. The maximum Gasteiger partial charge on any atom is 0.251 e. The lowest BCUT2D eigenvalue weighted by Gasteiger charge is -2.06. The second-order valence-electron chi connectivity index (χ2n) is 5.82. The first-order chi connectivity index (χ1) is 13.2. The lowest BCUT2D eigenvalue weighted by atomic mass is 10.2. The van der Waals surface area contributed by atoms with Crippen molar-refractivity contribution in [1.29, 1.82) is 0 Å². The Morgan fingerprint density at radius 1 is 1.15 bits per heavy atom. The third-order valence-corrected chi connectivity index (χ3v) is 4.74. The second kappa shape index (κ2) is 7.77. The number of carbonyl (C=O) groups excluding carboxylic acids is 1. The summed E-state index contributed by atoms with van der Waals surface area (Å²) in [5, 5.41) is 5.44. The summed E-state index contributed by atoms with van der Waals surface area (Å²) >= 11 is 7.50. The fourth-order valence-corrected chi connectivity index (χ4v) is 3.26. The first-order valence-electron chi connectivity index (χ1n) is 8.19. The number of fused-ring (bicyclic) bond motifs is 1. The van der Waals surface area contributed by atoms with Crippen LogP contribution in [0.15, 0.2) is 59.7 Å². The molecule has 6 nitrogen and oxygen atoms in total. The third kappa shape index (κ3) is 4.27. The van der Waals surface area contributed by atoms with Gasteiger partial charge in [0.15, 0.2) is 0 Å². The zero-order valence-electron chi connectivity index (χ0n) is 14.1. The van der Waals surface area contributed by atoms with Crippen molar-refractivity contribution in [1.82, 2.24) is 19.7 Å². The van der Waals surface area contributed by atoms with Crippen molar-refractivity contribution < 1.29 is 9.53 Å². The van der Waals surface area contributed by atoms with Gasteiger partial charge in [0, 0.05) is 23.3 Å². The molecule has 3 aromatic heterocycles. The van der Waals surface area contributed by atoms with E-state index in [1.807, 2.05) is 22.0 Å². The first kappa shape index (κ1) is 17.5. The number of aromatic nitrogens is 3. The molecule has 3 heterocycles. The highest BCUT2D eigenvalue weighted by molar-refractivity contribution is 7.07. The molecule has 0 aliphatic carbocycles. The van der Waals surface area contributed by atoms with Crippen molar-refractivity contribution >= 4 is 34.5 Å². The first-order valence-corrected chi connectivity index (χ1v) is 9.51. The molecule has 1 N–H and O–H groups in total. The lowest BCUT2D eigenvalue weighted by molar-refractivity contribution is 0.0950. The molecule has 0 spiro atoms. The maximum absolute atomic E-state index is 12.3. The largest absolute Gasteiger partial charge is 0.487 e. The molecule has 4 aromatic rings. The highest BCUT2D eigenvalue weighted by Gasteiger charge is 2.08. The zero-order chi connectivity index (χ0) is 18.6. The van der Waals surface area contributed by atoms with E-state index in [4.69, 9.17) is 16.3 Å². The van der Waals surface area contributed by atoms with Gasteiger partial charge in [-0.15, -0.1) is 11.3 Å². The fraction of sp³-hybridized carbons (Fsp3) is 0.105. The van der Waals surface area contributed by atoms with Crippen LogP contribution in [-0.4, -0.2) is 20.3 Å². The number of halogens is 1. The molecular weight excluding hydrogens is 384 g/mol. The molecule has 1 amide bonds. The minimum absolute atomic E-state index is 0.170. The number of nitrogens with zero attached hydrogens (tertiary/aromatic N) is 3. The fourth-order valence-electron chi connectivity index (χ4n) is 2.54. The minimum atomic E-state index is -0.170. The molecule has 0 atom stereocenters. The highest BCUT2D eigenvalue weighted by Crippen LogP contribution is 2.15. The molecule has 0 saturated carbocycles. The Bertz CT molecular complexity index is 1060. The number of hydrogen-bond acceptors (Lipinski definition) is 5. The van der Waals surface area contributed by atoms with E-state index < -0.39 is 0 Å². The molecule has 0 fully saturated rings. The van der Waals surface area contributed by atoms with Crippen LogP contribution in [0.4, 0.5) is 0 Å². The van der Waals surface area contributed by atoms with Crippen LogP contribution in [0.2, 0.25) is 5.02 Å². The van der Waals surface area contributed by atoms with Crippen molar-refractivity contribution in [2.45, 2.75) is 13.2 Å². The van der Waals surface area contributed by atoms with Gasteiger partial charge in [-0.3, -0.25) is 4.79 Å². The molecule has 4 rings (SSSR count). The Balaban J connectivity index is 1.34. The SMILES string of the molecule is O=C(NCc1cn2cc(Cl)ccc2n1)c1ccc(OCc2cscn2)cc1. The summed E-state index contributed by atoms with van der Waals surface area (Å²) in [6.45, 7) is 0.743. The zero-order valence-corrected chi connectivity index (χ0v) is 15.7. The second-order valence-corrected chi connectivity index (χ2v) is 6.98. The van der Waals surface area contributed by atoms with Gasteiger partial charge in [-0.25, -0.2) is 9.97 Å². The smallest absolute Gasteiger partial charge is 0.251 e. The van der Waals surface area contributed by atoms with Gasteiger partial charge in [0.05, 0.1) is 28.5 Å². The van der Waals surface area contributed by atoms with Gasteiger partial charge >= 0.3 is 0 Å². The van der Waals surface area contributed by atoms with Gasteiger partial charge in [0.1, 0.15) is 18.0 Å². The van der Waals surface area contributed by atoms with E-state index in [1.54, 1.807) is 42.0 Å². The van der Waals surface area contributed by atoms with Gasteiger partial charge in [-0.1, -0.05) is 11.6 Å². The van der Waals surface area contributed by atoms with Crippen molar-refractivity contribution in [2.24, 2.45) is 0 Å². The number of benzene rings is 1. The van der Waals surface area contributed by atoms with E-state index in [-0.39, 0.29) is 5.91 Å². The summed E-state index contributed by atoms with van der Waals surface area (Å²) in [7, 11) is 0. The number of rotatable bonds is 6. The summed E-state index contributed by atoms with van der Waals surface area (Å²) in [6.07, 6.45) is 3.62. The summed E-state index contributed by atoms with van der Waals surface area (Å²) < 4.78 is 7.48. The molecule has 0 saturated heterocycles. The van der Waals surface area contributed by atoms with E-state index in [0.29, 0.717) is 29.5 Å². The number of carbonyl (C=O) groups is 1. The van der Waals surface area contributed by atoms with Gasteiger partial charge in [-0.05, 0) is 36.4 Å². The average molecular weight is 399 g/mol. The van der Waals surface area contributed by atoms with Crippen molar-refractivity contribution in [3.05, 3.63) is 81.7 Å². The van der Waals surface area contributed by atoms with Gasteiger partial charge in [0.2, 0.25) is 0 Å². The van der Waals surface area contributed by atoms with Crippen molar-refractivity contribution in [3.63, 3.8) is 0 Å². The van der Waals surface area contributed by atoms with Gasteiger partial charge in [0.25, 0.3) is 5.91 Å². The van der Waals surface area contributed by atoms with Crippen molar-refractivity contribution in [3.8, 4) is 5.75 Å². The maximum atomic E-state index is 12.3. The van der Waals surface area contributed by atoms with Gasteiger partial charge < -0.3 is 14.5 Å². The molecule has 1 aromatic carbocycles. The lowest BCUT2D eigenvalue weighted by Crippen LogP contribution is -2.22. The van der Waals surface area contributed by atoms with E-state index in [9.17, 15) is 4.79 Å². The molecule has 136 valence electrons. The van der Waals surface area contributed by atoms with Crippen LogP contribution in [0.5, 0.6) is 5.75 Å². The van der Waals surface area contributed by atoms with Crippen LogP contribution in [0, 0.1) is 0 Å². The topological polar surface area (TPSA) is 68.5 Å². The number of pyridine rings is 1. The molecular formula is C19H15ClN4O2S. The predicted molar refractivity (Wildman–Crippen MR) is 104 cm³/mol. The Labute approximate surface area is 164 Å². The summed E-state index contributed by atoms with van der Waals surface area (Å²) in [5.74, 6) is 0.521. The van der Waals surface area contributed by atoms with Crippen LogP contribution >= 0.6 is 22.9 Å². The third-order valence-electron chi connectivity index (χ3n) is 3.88. The predicted octanol–water partition coefficient (Wildman–Crippen LogP) is 3.95. The standard InChI is InChI=1S/C19H15ClN4O2S/c20-14-3-6-18-23-15(9-24(18)8-14)7-21-19(25)13-1-4-17(5-2-13)26-10-16-11-27-12-22-16/h1-6,8-9,11-12H,7,10H2,(H,21,25). The number of hydrogen-bond donors (Lipinski definition) is 1. The highest BCUT2D eigenvalue weighted by atomic mass is 35.5. The van der Waals surface area contributed by atoms with Gasteiger partial charge in [-0.2, -0.15) is 0 Å². The number of amides is 1. The Hall–Kier alpha value is -2.90. The normalized spacial score (nSPS) is 10.9. The van der Waals surface area contributed by atoms with E-state index >= 15 is 0 Å². The molecule has 0 radical (unpaired) electrons. The molecule has 8 heteroatoms. The van der Waals surface area contributed by atoms with Crippen LogP contribution in [-0.2, 0) is 13.2 Å². The quantitative estimate of drug-likeness (QED) is 0.534. The van der Waals surface area contributed by atoms with E-state index in [0.717, 1.165) is 17.0 Å². The Kier molecular flexibility index (Phi) is 5.04. The Morgan fingerprint density at radius 2 is 2.00 bits per heavy atom. The molecule has 0 aliphatic heterocycles. The van der Waals surface area contributed by atoms with Crippen molar-refractivity contribution in [2.75, 3.05) is 0 Å². The summed E-state index contributed by atoms with van der Waals surface area (Å²) in [6, 6.07) is 10.6. The minimum Gasteiger partial charge on any atom is -0.487 e. The van der Waals surface area contributed by atoms with E-state index in [2.05, 4.69) is 15.3 Å².